The van der Waals surface area contributed by atoms with Crippen molar-refractivity contribution in [1.29, 1.82) is 0 Å². The lowest BCUT2D eigenvalue weighted by Gasteiger charge is -2.18. The Hall–Kier alpha value is -1.55. The van der Waals surface area contributed by atoms with Crippen LogP contribution in [0, 0.1) is 0 Å². The van der Waals surface area contributed by atoms with Crippen LogP contribution in [0.4, 0.5) is 0 Å². The van der Waals surface area contributed by atoms with Gasteiger partial charge in [0, 0.05) is 0 Å². The number of ether oxygens (including phenoxy) is 1. The average Bonchev–Trinajstić information content (AvgIpc) is 2.81. The van der Waals surface area contributed by atoms with Gasteiger partial charge in [0.1, 0.15) is 11.3 Å². The molecule has 19 heavy (non-hydrogen) atoms. The van der Waals surface area contributed by atoms with Crippen molar-refractivity contribution in [2.24, 2.45) is 5.73 Å². The normalized spacial score (nSPS) is 16.7. The van der Waals surface area contributed by atoms with Crippen molar-refractivity contribution in [1.82, 2.24) is 0 Å². The van der Waals surface area contributed by atoms with Crippen LogP contribution in [0.15, 0.2) is 18.2 Å². The van der Waals surface area contributed by atoms with Crippen molar-refractivity contribution in [3.05, 3.63) is 29.3 Å². The molecule has 1 aliphatic carbocycles. The highest BCUT2D eigenvalue weighted by Gasteiger charge is 2.26. The van der Waals surface area contributed by atoms with Crippen LogP contribution in [0.3, 0.4) is 0 Å². The second-order valence-electron chi connectivity index (χ2n) is 5.46. The predicted molar refractivity (Wildman–Crippen MR) is 73.4 cm³/mol. The minimum absolute atomic E-state index is 0.410. The van der Waals surface area contributed by atoms with E-state index in [1.165, 1.54) is 30.9 Å². The molecule has 0 saturated carbocycles. The van der Waals surface area contributed by atoms with Crippen molar-refractivity contribution in [3.8, 4) is 5.75 Å². The molecule has 3 N–H and O–H groups in total. The molecule has 1 unspecified atom stereocenters. The van der Waals surface area contributed by atoms with E-state index in [2.05, 4.69) is 12.1 Å². The molecule has 4 heteroatoms. The average molecular weight is 263 g/mol. The zero-order valence-corrected chi connectivity index (χ0v) is 11.3. The predicted octanol–water partition coefficient (Wildman–Crippen LogP) is 2.14. The topological polar surface area (TPSA) is 72.5 Å². The molecular weight excluding hydrogens is 242 g/mol. The fraction of sp³-hybridized carbons (Fsp3) is 0.533. The van der Waals surface area contributed by atoms with Crippen LogP contribution in [0.1, 0.15) is 37.3 Å². The van der Waals surface area contributed by atoms with Gasteiger partial charge >= 0.3 is 5.97 Å². The summed E-state index contributed by atoms with van der Waals surface area (Å²) in [7, 11) is 0. The Balaban J connectivity index is 1.79. The maximum Gasteiger partial charge on any atom is 0.323 e. The van der Waals surface area contributed by atoms with Crippen LogP contribution in [-0.2, 0) is 17.6 Å². The van der Waals surface area contributed by atoms with E-state index in [1.807, 2.05) is 6.07 Å². The monoisotopic (exact) mass is 263 g/mol. The lowest BCUT2D eigenvalue weighted by atomic mass is 9.98. The maximum absolute atomic E-state index is 10.8. The summed E-state index contributed by atoms with van der Waals surface area (Å²) >= 11 is 0. The van der Waals surface area contributed by atoms with Gasteiger partial charge in [0.15, 0.2) is 0 Å². The highest BCUT2D eigenvalue weighted by molar-refractivity contribution is 5.77. The lowest BCUT2D eigenvalue weighted by molar-refractivity contribution is -0.142. The number of rotatable bonds is 6. The van der Waals surface area contributed by atoms with E-state index in [-0.39, 0.29) is 0 Å². The SMILES string of the molecule is CC(N)(CCCOc1ccc2c(c1)CCC2)C(=O)O. The number of fused-ring (bicyclic) bond motifs is 1. The summed E-state index contributed by atoms with van der Waals surface area (Å²) < 4.78 is 5.66. The third-order valence-corrected chi connectivity index (χ3v) is 3.67. The van der Waals surface area contributed by atoms with Crippen molar-refractivity contribution in [3.63, 3.8) is 0 Å². The Morgan fingerprint density at radius 2 is 2.16 bits per heavy atom. The smallest absolute Gasteiger partial charge is 0.323 e. The molecular formula is C15H21NO3. The first-order valence-corrected chi connectivity index (χ1v) is 6.76. The maximum atomic E-state index is 10.8. The fourth-order valence-corrected chi connectivity index (χ4v) is 2.37. The minimum atomic E-state index is -1.17. The van der Waals surface area contributed by atoms with Crippen LogP contribution in [0.25, 0.3) is 0 Å². The van der Waals surface area contributed by atoms with Crippen LogP contribution in [-0.4, -0.2) is 23.2 Å². The number of carboxylic acid groups (broad SMARTS) is 1. The van der Waals surface area contributed by atoms with Crippen LogP contribution in [0.2, 0.25) is 0 Å². The molecule has 0 saturated heterocycles. The summed E-state index contributed by atoms with van der Waals surface area (Å²) in [5.41, 5.74) is 7.30. The number of carbonyl (C=O) groups is 1. The largest absolute Gasteiger partial charge is 0.494 e. The Kier molecular flexibility index (Phi) is 4.10. The first-order valence-electron chi connectivity index (χ1n) is 6.76. The van der Waals surface area contributed by atoms with E-state index >= 15 is 0 Å². The molecule has 104 valence electrons. The van der Waals surface area contributed by atoms with Crippen LogP contribution < -0.4 is 10.5 Å². The third kappa shape index (κ3) is 3.47. The van der Waals surface area contributed by atoms with Crippen molar-refractivity contribution < 1.29 is 14.6 Å². The molecule has 1 aromatic rings. The van der Waals surface area contributed by atoms with Gasteiger partial charge in [-0.2, -0.15) is 0 Å². The van der Waals surface area contributed by atoms with E-state index in [9.17, 15) is 4.79 Å². The first kappa shape index (κ1) is 13.9. The van der Waals surface area contributed by atoms with Gasteiger partial charge in [0.25, 0.3) is 0 Å². The van der Waals surface area contributed by atoms with Crippen molar-refractivity contribution in [2.75, 3.05) is 6.61 Å². The summed E-state index contributed by atoms with van der Waals surface area (Å²) in [5, 5.41) is 8.90. The highest BCUT2D eigenvalue weighted by Crippen LogP contribution is 2.26. The van der Waals surface area contributed by atoms with Gasteiger partial charge in [-0.25, -0.2) is 0 Å². The number of hydrogen-bond acceptors (Lipinski definition) is 3. The number of nitrogens with two attached hydrogens (primary N) is 1. The molecule has 2 rings (SSSR count). The summed E-state index contributed by atoms with van der Waals surface area (Å²) in [6, 6.07) is 6.21. The first-order chi connectivity index (χ1) is 8.99. The molecule has 0 heterocycles. The van der Waals surface area contributed by atoms with E-state index in [0.717, 1.165) is 12.2 Å². The van der Waals surface area contributed by atoms with Gasteiger partial charge in [-0.15, -0.1) is 0 Å². The quantitative estimate of drug-likeness (QED) is 0.771. The van der Waals surface area contributed by atoms with E-state index in [1.54, 1.807) is 0 Å². The molecule has 0 radical (unpaired) electrons. The fourth-order valence-electron chi connectivity index (χ4n) is 2.37. The van der Waals surface area contributed by atoms with Gasteiger partial charge in [-0.05, 0) is 62.3 Å². The van der Waals surface area contributed by atoms with Gasteiger partial charge in [0.2, 0.25) is 0 Å². The second-order valence-corrected chi connectivity index (χ2v) is 5.46. The number of aryl methyl sites for hydroxylation is 2. The van der Waals surface area contributed by atoms with Gasteiger partial charge < -0.3 is 15.6 Å². The minimum Gasteiger partial charge on any atom is -0.494 e. The number of carboxylic acids is 1. The number of aliphatic carboxylic acids is 1. The highest BCUT2D eigenvalue weighted by atomic mass is 16.5. The molecule has 1 aromatic carbocycles. The molecule has 1 aliphatic rings. The number of benzene rings is 1. The summed E-state index contributed by atoms with van der Waals surface area (Å²) in [6.07, 6.45) is 4.57. The molecule has 4 nitrogen and oxygen atoms in total. The van der Waals surface area contributed by atoms with Gasteiger partial charge in [-0.1, -0.05) is 6.07 Å². The van der Waals surface area contributed by atoms with Crippen LogP contribution >= 0.6 is 0 Å². The van der Waals surface area contributed by atoms with E-state index in [4.69, 9.17) is 15.6 Å². The molecule has 0 fully saturated rings. The Labute approximate surface area is 113 Å². The zero-order valence-electron chi connectivity index (χ0n) is 11.3. The van der Waals surface area contributed by atoms with Crippen LogP contribution in [0.5, 0.6) is 5.75 Å². The Morgan fingerprint density at radius 1 is 1.42 bits per heavy atom. The van der Waals surface area contributed by atoms with Crippen molar-refractivity contribution >= 4 is 5.97 Å². The van der Waals surface area contributed by atoms with E-state index < -0.39 is 11.5 Å². The van der Waals surface area contributed by atoms with Gasteiger partial charge in [0.05, 0.1) is 6.61 Å². The Bertz CT molecular complexity index is 468. The molecule has 0 spiro atoms. The van der Waals surface area contributed by atoms with E-state index in [0.29, 0.717) is 19.4 Å². The molecule has 1 atom stereocenters. The van der Waals surface area contributed by atoms with Gasteiger partial charge in [-0.3, -0.25) is 4.79 Å². The molecule has 0 aliphatic heterocycles. The molecule has 0 bridgehead atoms. The zero-order chi connectivity index (χ0) is 13.9. The standard InChI is InChI=1S/C15H21NO3/c1-15(16,14(17)18)8-3-9-19-13-7-6-11-4-2-5-12(11)10-13/h6-7,10H,2-5,8-9,16H2,1H3,(H,17,18). The summed E-state index contributed by atoms with van der Waals surface area (Å²) in [6.45, 7) is 2.03. The second kappa shape index (κ2) is 5.61. The Morgan fingerprint density at radius 3 is 2.89 bits per heavy atom. The molecule has 0 aromatic heterocycles. The third-order valence-electron chi connectivity index (χ3n) is 3.67. The molecule has 0 amide bonds. The summed E-state index contributed by atoms with van der Waals surface area (Å²) in [4.78, 5) is 10.8. The van der Waals surface area contributed by atoms with Crippen molar-refractivity contribution in [2.45, 2.75) is 44.6 Å². The summed E-state index contributed by atoms with van der Waals surface area (Å²) in [5.74, 6) is -0.0975. The number of hydrogen-bond donors (Lipinski definition) is 2. The lowest BCUT2D eigenvalue weighted by Crippen LogP contribution is -2.44.